The minimum absolute atomic E-state index is 0.0216. The van der Waals surface area contributed by atoms with Crippen LogP contribution in [0.4, 0.5) is 14.5 Å². The molecule has 108 valence electrons. The van der Waals surface area contributed by atoms with E-state index in [0.29, 0.717) is 6.29 Å². The number of nitrogens with zero attached hydrogens (tertiary/aromatic N) is 1. The number of aldehydes is 1. The van der Waals surface area contributed by atoms with Gasteiger partial charge in [0.05, 0.1) is 10.5 Å². The van der Waals surface area contributed by atoms with Crippen molar-refractivity contribution in [2.24, 2.45) is 0 Å². The van der Waals surface area contributed by atoms with Gasteiger partial charge in [-0.3, -0.25) is 14.9 Å². The van der Waals surface area contributed by atoms with Crippen LogP contribution in [0.15, 0.2) is 36.4 Å². The zero-order valence-electron chi connectivity index (χ0n) is 10.6. The van der Waals surface area contributed by atoms with E-state index in [2.05, 4.69) is 0 Å². The molecule has 21 heavy (non-hydrogen) atoms. The molecule has 0 unspecified atom stereocenters. The van der Waals surface area contributed by atoms with Crippen LogP contribution in [0.3, 0.4) is 0 Å². The van der Waals surface area contributed by atoms with Crippen molar-refractivity contribution < 1.29 is 23.2 Å². The standard InChI is InChI=1S/C14H9F2NO4/c15-11-2-1-9(13(16)6-11)8-21-14-4-3-12(17(19)20)5-10(14)7-18/h1-7H,8H2. The normalized spacial score (nSPS) is 10.2. The van der Waals surface area contributed by atoms with Gasteiger partial charge < -0.3 is 4.74 Å². The van der Waals surface area contributed by atoms with Crippen molar-refractivity contribution in [1.29, 1.82) is 0 Å². The van der Waals surface area contributed by atoms with E-state index in [-0.39, 0.29) is 29.2 Å². The molecule has 0 aliphatic carbocycles. The number of rotatable bonds is 5. The largest absolute Gasteiger partial charge is 0.488 e. The van der Waals surface area contributed by atoms with Gasteiger partial charge in [-0.05, 0) is 18.2 Å². The number of non-ortho nitro benzene ring substituents is 1. The minimum atomic E-state index is -0.774. The highest BCUT2D eigenvalue weighted by Crippen LogP contribution is 2.24. The maximum atomic E-state index is 13.4. The Balaban J connectivity index is 2.19. The second kappa shape index (κ2) is 6.08. The average Bonchev–Trinajstić information content (AvgIpc) is 2.46. The molecular formula is C14H9F2NO4. The van der Waals surface area contributed by atoms with Gasteiger partial charge in [-0.2, -0.15) is 0 Å². The van der Waals surface area contributed by atoms with Gasteiger partial charge >= 0.3 is 0 Å². The third-order valence-corrected chi connectivity index (χ3v) is 2.73. The molecule has 2 aromatic rings. The van der Waals surface area contributed by atoms with Gasteiger partial charge in [0.25, 0.3) is 5.69 Å². The molecular weight excluding hydrogens is 284 g/mol. The van der Waals surface area contributed by atoms with Gasteiger partial charge in [0.2, 0.25) is 0 Å². The van der Waals surface area contributed by atoms with Crippen LogP contribution in [0.2, 0.25) is 0 Å². The first-order valence-corrected chi connectivity index (χ1v) is 5.81. The Kier molecular flexibility index (Phi) is 4.22. The number of carbonyl (C=O) groups excluding carboxylic acids is 1. The Bertz CT molecular complexity index is 703. The molecule has 0 aliphatic heterocycles. The number of hydrogen-bond acceptors (Lipinski definition) is 4. The lowest BCUT2D eigenvalue weighted by atomic mass is 10.2. The molecule has 7 heteroatoms. The van der Waals surface area contributed by atoms with Crippen LogP contribution in [-0.4, -0.2) is 11.2 Å². The molecule has 0 atom stereocenters. The van der Waals surface area contributed by atoms with Gasteiger partial charge in [0.1, 0.15) is 24.0 Å². The van der Waals surface area contributed by atoms with Crippen molar-refractivity contribution in [2.45, 2.75) is 6.61 Å². The molecule has 0 heterocycles. The summed E-state index contributed by atoms with van der Waals surface area (Å²) in [5.41, 5.74) is -0.171. The lowest BCUT2D eigenvalue weighted by Crippen LogP contribution is -2.01. The number of nitro groups is 1. The second-order valence-electron chi connectivity index (χ2n) is 4.12. The summed E-state index contributed by atoms with van der Waals surface area (Å²) in [6.07, 6.45) is 0.406. The Labute approximate surface area is 117 Å². The molecule has 0 N–H and O–H groups in total. The molecule has 0 bridgehead atoms. The first kappa shape index (κ1) is 14.6. The van der Waals surface area contributed by atoms with E-state index in [4.69, 9.17) is 4.74 Å². The van der Waals surface area contributed by atoms with Crippen LogP contribution in [-0.2, 0) is 6.61 Å². The van der Waals surface area contributed by atoms with E-state index in [1.54, 1.807) is 0 Å². The molecule has 0 saturated carbocycles. The van der Waals surface area contributed by atoms with E-state index in [1.165, 1.54) is 18.2 Å². The number of halogens is 2. The molecule has 0 aromatic heterocycles. The summed E-state index contributed by atoms with van der Waals surface area (Å²) < 4.78 is 31.4. The van der Waals surface area contributed by atoms with E-state index in [9.17, 15) is 23.7 Å². The SMILES string of the molecule is O=Cc1cc([N+](=O)[O-])ccc1OCc1ccc(F)cc1F. The lowest BCUT2D eigenvalue weighted by molar-refractivity contribution is -0.384. The molecule has 0 radical (unpaired) electrons. The molecule has 0 amide bonds. The summed E-state index contributed by atoms with van der Waals surface area (Å²) in [5, 5.41) is 10.6. The molecule has 5 nitrogen and oxygen atoms in total. The highest BCUT2D eigenvalue weighted by atomic mass is 19.1. The molecule has 0 fully saturated rings. The summed E-state index contributed by atoms with van der Waals surface area (Å²) in [6, 6.07) is 6.50. The maximum Gasteiger partial charge on any atom is 0.270 e. The summed E-state index contributed by atoms with van der Waals surface area (Å²) >= 11 is 0. The summed E-state index contributed by atoms with van der Waals surface area (Å²) in [7, 11) is 0. The fourth-order valence-electron chi connectivity index (χ4n) is 1.67. The lowest BCUT2D eigenvalue weighted by Gasteiger charge is -2.09. The fraction of sp³-hybridized carbons (Fsp3) is 0.0714. The van der Waals surface area contributed by atoms with Gasteiger partial charge in [0, 0.05) is 23.8 Å². The van der Waals surface area contributed by atoms with E-state index < -0.39 is 16.6 Å². The second-order valence-corrected chi connectivity index (χ2v) is 4.12. The maximum absolute atomic E-state index is 13.4. The van der Waals surface area contributed by atoms with E-state index >= 15 is 0 Å². The van der Waals surface area contributed by atoms with Crippen molar-refractivity contribution in [3.63, 3.8) is 0 Å². The number of nitro benzene ring substituents is 1. The first-order valence-electron chi connectivity index (χ1n) is 5.81. The van der Waals surface area contributed by atoms with Crippen molar-refractivity contribution >= 4 is 12.0 Å². The molecule has 2 aromatic carbocycles. The van der Waals surface area contributed by atoms with E-state index in [0.717, 1.165) is 18.2 Å². The van der Waals surface area contributed by atoms with Gasteiger partial charge in [0.15, 0.2) is 6.29 Å². The summed E-state index contributed by atoms with van der Waals surface area (Å²) in [6.45, 7) is -0.231. The number of carbonyl (C=O) groups is 1. The summed E-state index contributed by atoms with van der Waals surface area (Å²) in [4.78, 5) is 20.9. The Morgan fingerprint density at radius 1 is 1.19 bits per heavy atom. The van der Waals surface area contributed by atoms with Crippen LogP contribution < -0.4 is 4.74 Å². The molecule has 0 aliphatic rings. The van der Waals surface area contributed by atoms with Crippen molar-refractivity contribution in [3.05, 3.63) is 69.3 Å². The predicted octanol–water partition coefficient (Wildman–Crippen LogP) is 3.26. The Morgan fingerprint density at radius 2 is 1.95 bits per heavy atom. The zero-order valence-corrected chi connectivity index (χ0v) is 10.6. The molecule has 0 saturated heterocycles. The van der Waals surface area contributed by atoms with Crippen molar-refractivity contribution in [1.82, 2.24) is 0 Å². The van der Waals surface area contributed by atoms with Crippen LogP contribution in [0.1, 0.15) is 15.9 Å². The highest BCUT2D eigenvalue weighted by molar-refractivity contribution is 5.80. The van der Waals surface area contributed by atoms with Gasteiger partial charge in [-0.1, -0.05) is 0 Å². The van der Waals surface area contributed by atoms with Gasteiger partial charge in [-0.15, -0.1) is 0 Å². The number of benzene rings is 2. The Morgan fingerprint density at radius 3 is 2.57 bits per heavy atom. The highest BCUT2D eigenvalue weighted by Gasteiger charge is 2.12. The quantitative estimate of drug-likeness (QED) is 0.482. The monoisotopic (exact) mass is 293 g/mol. The molecule has 2 rings (SSSR count). The minimum Gasteiger partial charge on any atom is -0.488 e. The Hall–Kier alpha value is -2.83. The third-order valence-electron chi connectivity index (χ3n) is 2.73. The number of ether oxygens (including phenoxy) is 1. The predicted molar refractivity (Wildman–Crippen MR) is 69.2 cm³/mol. The van der Waals surface area contributed by atoms with Crippen molar-refractivity contribution in [2.75, 3.05) is 0 Å². The smallest absolute Gasteiger partial charge is 0.270 e. The van der Waals surface area contributed by atoms with E-state index in [1.807, 2.05) is 0 Å². The third kappa shape index (κ3) is 3.38. The number of hydrogen-bond donors (Lipinski definition) is 0. The topological polar surface area (TPSA) is 69.4 Å². The van der Waals surface area contributed by atoms with Crippen LogP contribution in [0.25, 0.3) is 0 Å². The van der Waals surface area contributed by atoms with Crippen molar-refractivity contribution in [3.8, 4) is 5.75 Å². The van der Waals surface area contributed by atoms with Crippen LogP contribution >= 0.6 is 0 Å². The molecule has 0 spiro atoms. The van der Waals surface area contributed by atoms with Crippen LogP contribution in [0, 0.1) is 21.7 Å². The van der Waals surface area contributed by atoms with Crippen LogP contribution in [0.5, 0.6) is 5.75 Å². The fourth-order valence-corrected chi connectivity index (χ4v) is 1.67. The first-order chi connectivity index (χ1) is 10.0. The average molecular weight is 293 g/mol. The van der Waals surface area contributed by atoms with Gasteiger partial charge in [-0.25, -0.2) is 8.78 Å². The summed E-state index contributed by atoms with van der Waals surface area (Å²) in [5.74, 6) is -1.40. The zero-order chi connectivity index (χ0) is 15.4.